The third kappa shape index (κ3) is 2.66. The van der Waals surface area contributed by atoms with Crippen molar-refractivity contribution in [2.75, 3.05) is 18.0 Å². The van der Waals surface area contributed by atoms with Gasteiger partial charge in [-0.15, -0.1) is 0 Å². The summed E-state index contributed by atoms with van der Waals surface area (Å²) in [5, 5.41) is 5.04. The van der Waals surface area contributed by atoms with Crippen molar-refractivity contribution in [2.45, 2.75) is 25.4 Å². The molecule has 1 aromatic rings. The zero-order valence-corrected chi connectivity index (χ0v) is 15.3. The van der Waals surface area contributed by atoms with E-state index in [9.17, 15) is 19.2 Å². The van der Waals surface area contributed by atoms with Crippen molar-refractivity contribution in [1.82, 2.24) is 15.5 Å². The molecule has 8 nitrogen and oxygen atoms in total. The molecule has 1 atom stereocenters. The van der Waals surface area contributed by atoms with Crippen LogP contribution in [-0.2, 0) is 16.1 Å². The number of hydrogen-bond acceptors (Lipinski definition) is 4. The van der Waals surface area contributed by atoms with E-state index in [0.717, 1.165) is 9.13 Å². The molecule has 0 saturated carbocycles. The lowest BCUT2D eigenvalue weighted by atomic mass is 10.0. The lowest BCUT2D eigenvalue weighted by molar-refractivity contribution is -0.136. The molecule has 0 aliphatic carbocycles. The number of halogens is 1. The molecule has 0 aromatic heterocycles. The number of fused-ring (bicyclic) bond motifs is 1. The van der Waals surface area contributed by atoms with E-state index in [1.54, 1.807) is 11.0 Å². The molecule has 130 valence electrons. The second-order valence-corrected chi connectivity index (χ2v) is 7.40. The molecule has 0 bridgehead atoms. The molecule has 5 amide bonds. The van der Waals surface area contributed by atoms with Gasteiger partial charge in [-0.05, 0) is 46.7 Å². The first-order chi connectivity index (χ1) is 12.0. The predicted molar refractivity (Wildman–Crippen MR) is 95.9 cm³/mol. The van der Waals surface area contributed by atoms with Gasteiger partial charge >= 0.3 is 6.03 Å². The van der Waals surface area contributed by atoms with Gasteiger partial charge in [0.1, 0.15) is 6.04 Å². The van der Waals surface area contributed by atoms with Crippen molar-refractivity contribution in [3.05, 3.63) is 26.8 Å². The van der Waals surface area contributed by atoms with Gasteiger partial charge in [-0.2, -0.15) is 0 Å². The average Bonchev–Trinajstić information content (AvgIpc) is 3.12. The van der Waals surface area contributed by atoms with Crippen LogP contribution in [0.5, 0.6) is 0 Å². The third-order valence-corrected chi connectivity index (χ3v) is 5.72. The number of piperidine rings is 1. The summed E-state index contributed by atoms with van der Waals surface area (Å²) in [5.74, 6) is -0.960. The molecule has 0 radical (unpaired) electrons. The Morgan fingerprint density at radius 3 is 2.64 bits per heavy atom. The smallest absolute Gasteiger partial charge is 0.321 e. The van der Waals surface area contributed by atoms with Crippen LogP contribution in [0.4, 0.5) is 10.5 Å². The number of rotatable bonds is 2. The van der Waals surface area contributed by atoms with Gasteiger partial charge in [0.15, 0.2) is 0 Å². The van der Waals surface area contributed by atoms with Gasteiger partial charge in [-0.3, -0.25) is 24.6 Å². The van der Waals surface area contributed by atoms with Crippen LogP contribution in [0.2, 0.25) is 0 Å². The molecular weight excluding hydrogens is 439 g/mol. The Balaban J connectivity index is 1.65. The summed E-state index contributed by atoms with van der Waals surface area (Å²) in [6.45, 7) is 1.47. The number of nitrogens with zero attached hydrogens (tertiary/aromatic N) is 2. The number of nitrogens with one attached hydrogen (secondary N) is 2. The molecule has 3 heterocycles. The second kappa shape index (κ2) is 5.97. The normalized spacial score (nSPS) is 23.0. The van der Waals surface area contributed by atoms with Crippen molar-refractivity contribution in [3.8, 4) is 0 Å². The number of hydrogen-bond donors (Lipinski definition) is 2. The van der Waals surface area contributed by atoms with Crippen LogP contribution < -0.4 is 15.5 Å². The van der Waals surface area contributed by atoms with Crippen LogP contribution in [0.15, 0.2) is 12.1 Å². The van der Waals surface area contributed by atoms with E-state index in [2.05, 4.69) is 33.2 Å². The Hall–Kier alpha value is -2.17. The summed E-state index contributed by atoms with van der Waals surface area (Å²) in [6.07, 6.45) is 0.565. The van der Waals surface area contributed by atoms with Crippen LogP contribution in [0.1, 0.15) is 28.8 Å². The summed E-state index contributed by atoms with van der Waals surface area (Å²) >= 11 is 2.15. The molecule has 2 saturated heterocycles. The maximum Gasteiger partial charge on any atom is 0.321 e. The highest BCUT2D eigenvalue weighted by Crippen LogP contribution is 2.34. The average molecular weight is 454 g/mol. The third-order valence-electron chi connectivity index (χ3n) is 4.75. The van der Waals surface area contributed by atoms with E-state index in [1.165, 1.54) is 4.90 Å². The summed E-state index contributed by atoms with van der Waals surface area (Å²) in [4.78, 5) is 51.3. The highest BCUT2D eigenvalue weighted by Gasteiger charge is 2.40. The van der Waals surface area contributed by atoms with Gasteiger partial charge in [0.25, 0.3) is 5.91 Å². The van der Waals surface area contributed by atoms with Crippen molar-refractivity contribution in [3.63, 3.8) is 0 Å². The first-order valence-electron chi connectivity index (χ1n) is 7.98. The fourth-order valence-electron chi connectivity index (χ4n) is 3.48. The summed E-state index contributed by atoms with van der Waals surface area (Å²) in [6, 6.07) is 2.79. The Bertz CT molecular complexity index is 825. The Labute approximate surface area is 157 Å². The highest BCUT2D eigenvalue weighted by molar-refractivity contribution is 14.1. The van der Waals surface area contributed by atoms with Gasteiger partial charge < -0.3 is 10.2 Å². The highest BCUT2D eigenvalue weighted by atomic mass is 127. The molecular formula is C16H15IN4O4. The lowest BCUT2D eigenvalue weighted by Gasteiger charge is -2.29. The minimum absolute atomic E-state index is 0.178. The fourth-order valence-corrected chi connectivity index (χ4v) is 4.26. The van der Waals surface area contributed by atoms with Crippen LogP contribution >= 0.6 is 22.6 Å². The number of anilines is 1. The van der Waals surface area contributed by atoms with Crippen LogP contribution in [0.3, 0.4) is 0 Å². The largest absolute Gasteiger partial charge is 0.336 e. The first kappa shape index (κ1) is 16.3. The van der Waals surface area contributed by atoms with E-state index >= 15 is 0 Å². The summed E-state index contributed by atoms with van der Waals surface area (Å²) in [7, 11) is 0. The molecule has 2 fully saturated rings. The molecule has 9 heteroatoms. The summed E-state index contributed by atoms with van der Waals surface area (Å²) in [5.41, 5.74) is 2.06. The first-order valence-corrected chi connectivity index (χ1v) is 9.06. The standard InChI is InChI=1S/C16H15IN4O4/c17-11-6-8(20-4-3-18-16(20)25)5-9-10(11)7-21(15(9)24)12-1-2-13(22)19-14(12)23/h5-6,12H,1-4,7H2,(H,18,25)(H,19,22,23). The minimum Gasteiger partial charge on any atom is -0.336 e. The molecule has 4 rings (SSSR count). The number of amides is 5. The van der Waals surface area contributed by atoms with Crippen molar-refractivity contribution >= 4 is 52.0 Å². The van der Waals surface area contributed by atoms with E-state index in [4.69, 9.17) is 0 Å². The van der Waals surface area contributed by atoms with E-state index in [0.29, 0.717) is 37.3 Å². The predicted octanol–water partition coefficient (Wildman–Crippen LogP) is 0.582. The van der Waals surface area contributed by atoms with Gasteiger partial charge in [-0.25, -0.2) is 4.79 Å². The number of urea groups is 1. The van der Waals surface area contributed by atoms with Gasteiger partial charge in [0, 0.05) is 40.9 Å². The molecule has 1 aromatic carbocycles. The zero-order valence-electron chi connectivity index (χ0n) is 13.2. The monoisotopic (exact) mass is 454 g/mol. The van der Waals surface area contributed by atoms with E-state index < -0.39 is 11.9 Å². The maximum absolute atomic E-state index is 12.9. The van der Waals surface area contributed by atoms with Gasteiger partial charge in [0.05, 0.1) is 0 Å². The second-order valence-electron chi connectivity index (χ2n) is 6.24. The SMILES string of the molecule is O=C1CCC(N2Cc3c(I)cc(N4CCNC4=O)cc3C2=O)C(=O)N1. The molecule has 2 N–H and O–H groups in total. The number of carbonyl (C=O) groups is 4. The quantitative estimate of drug-likeness (QED) is 0.505. The molecule has 3 aliphatic rings. The Morgan fingerprint density at radius 2 is 1.96 bits per heavy atom. The van der Waals surface area contributed by atoms with Gasteiger partial charge in [0.2, 0.25) is 11.8 Å². The van der Waals surface area contributed by atoms with E-state index in [-0.39, 0.29) is 24.3 Å². The van der Waals surface area contributed by atoms with Gasteiger partial charge in [-0.1, -0.05) is 0 Å². The van der Waals surface area contributed by atoms with Crippen LogP contribution in [0.25, 0.3) is 0 Å². The van der Waals surface area contributed by atoms with E-state index in [1.807, 2.05) is 6.07 Å². The molecule has 1 unspecified atom stereocenters. The van der Waals surface area contributed by atoms with Crippen molar-refractivity contribution in [1.29, 1.82) is 0 Å². The fraction of sp³-hybridized carbons (Fsp3) is 0.375. The lowest BCUT2D eigenvalue weighted by Crippen LogP contribution is -2.52. The molecule has 3 aliphatic heterocycles. The van der Waals surface area contributed by atoms with Crippen molar-refractivity contribution in [2.24, 2.45) is 0 Å². The molecule has 25 heavy (non-hydrogen) atoms. The molecule has 0 spiro atoms. The van der Waals surface area contributed by atoms with Crippen molar-refractivity contribution < 1.29 is 19.2 Å². The summed E-state index contributed by atoms with van der Waals surface area (Å²) < 4.78 is 0.882. The zero-order chi connectivity index (χ0) is 17.7. The number of benzene rings is 1. The topological polar surface area (TPSA) is 98.8 Å². The minimum atomic E-state index is -0.632. The van der Waals surface area contributed by atoms with Crippen LogP contribution in [-0.4, -0.2) is 47.8 Å². The Morgan fingerprint density at radius 1 is 1.16 bits per heavy atom. The maximum atomic E-state index is 12.9. The number of imide groups is 1. The van der Waals surface area contributed by atoms with Crippen LogP contribution in [0, 0.1) is 3.57 Å². The number of carbonyl (C=O) groups excluding carboxylic acids is 4. The Kier molecular flexibility index (Phi) is 3.89.